The zero-order valence-corrected chi connectivity index (χ0v) is 17.3. The van der Waals surface area contributed by atoms with Crippen molar-refractivity contribution in [2.45, 2.75) is 38.1 Å². The topological polar surface area (TPSA) is 95.1 Å². The van der Waals surface area contributed by atoms with Gasteiger partial charge in [0.15, 0.2) is 0 Å². The molecule has 0 unspecified atom stereocenters. The number of ether oxygens (including phenoxy) is 1. The van der Waals surface area contributed by atoms with Gasteiger partial charge in [-0.15, -0.1) is 11.3 Å². The SMILES string of the molecule is Cc1cc([C@@H]2CC[C@@H](N)[C@H](F)CO2)n(NC(=O)c2csc(-c3c(F)cccc3F)n2)n1. The van der Waals surface area contributed by atoms with Gasteiger partial charge in [0.25, 0.3) is 5.91 Å². The fourth-order valence-electron chi connectivity index (χ4n) is 3.36. The molecule has 1 aromatic carbocycles. The fourth-order valence-corrected chi connectivity index (χ4v) is 4.21. The predicted molar refractivity (Wildman–Crippen MR) is 109 cm³/mol. The van der Waals surface area contributed by atoms with E-state index in [4.69, 9.17) is 10.5 Å². The Kier molecular flexibility index (Phi) is 6.08. The Bertz CT molecular complexity index is 1070. The molecule has 1 fully saturated rings. The quantitative estimate of drug-likeness (QED) is 0.633. The second-order valence-corrected chi connectivity index (χ2v) is 8.14. The van der Waals surface area contributed by atoms with E-state index >= 15 is 0 Å². The van der Waals surface area contributed by atoms with E-state index in [0.717, 1.165) is 23.5 Å². The summed E-state index contributed by atoms with van der Waals surface area (Å²) >= 11 is 0.949. The number of halogens is 3. The van der Waals surface area contributed by atoms with Crippen molar-refractivity contribution in [1.29, 1.82) is 0 Å². The van der Waals surface area contributed by atoms with Crippen molar-refractivity contribution < 1.29 is 22.7 Å². The van der Waals surface area contributed by atoms with Crippen LogP contribution in [-0.2, 0) is 4.74 Å². The van der Waals surface area contributed by atoms with Crippen LogP contribution in [0.3, 0.4) is 0 Å². The number of nitrogens with two attached hydrogens (primary N) is 1. The minimum absolute atomic E-state index is 0.0191. The van der Waals surface area contributed by atoms with Gasteiger partial charge in [-0.1, -0.05) is 6.07 Å². The minimum Gasteiger partial charge on any atom is -0.369 e. The molecule has 0 bridgehead atoms. The number of hydrogen-bond acceptors (Lipinski definition) is 6. The monoisotopic (exact) mass is 451 g/mol. The summed E-state index contributed by atoms with van der Waals surface area (Å²) in [5.41, 5.74) is 9.24. The molecule has 3 aromatic rings. The molecule has 0 spiro atoms. The van der Waals surface area contributed by atoms with E-state index in [-0.39, 0.29) is 22.9 Å². The Morgan fingerprint density at radius 3 is 2.81 bits per heavy atom. The Labute approximate surface area is 180 Å². The molecule has 1 amide bonds. The Balaban J connectivity index is 1.54. The van der Waals surface area contributed by atoms with Gasteiger partial charge in [-0.05, 0) is 38.0 Å². The third-order valence-electron chi connectivity index (χ3n) is 4.99. The van der Waals surface area contributed by atoms with E-state index in [1.165, 1.54) is 16.2 Å². The average Bonchev–Trinajstić information content (AvgIpc) is 3.30. The summed E-state index contributed by atoms with van der Waals surface area (Å²) in [7, 11) is 0. The van der Waals surface area contributed by atoms with Crippen LogP contribution in [0.5, 0.6) is 0 Å². The normalized spacial score (nSPS) is 21.6. The Morgan fingerprint density at radius 2 is 2.06 bits per heavy atom. The van der Waals surface area contributed by atoms with Gasteiger partial charge in [0.2, 0.25) is 0 Å². The summed E-state index contributed by atoms with van der Waals surface area (Å²) in [4.78, 5) is 18.0. The molecule has 1 aliphatic heterocycles. The van der Waals surface area contributed by atoms with Gasteiger partial charge < -0.3 is 10.5 Å². The predicted octanol–water partition coefficient (Wildman–Crippen LogP) is 3.49. The Hall–Kier alpha value is -2.76. The van der Waals surface area contributed by atoms with Crippen LogP contribution in [0.25, 0.3) is 10.6 Å². The summed E-state index contributed by atoms with van der Waals surface area (Å²) in [6, 6.07) is 4.63. The second kappa shape index (κ2) is 8.77. The number of carbonyl (C=O) groups excluding carboxylic acids is 1. The first kappa shape index (κ1) is 21.5. The number of alkyl halides is 1. The van der Waals surface area contributed by atoms with Gasteiger partial charge >= 0.3 is 0 Å². The molecule has 31 heavy (non-hydrogen) atoms. The largest absolute Gasteiger partial charge is 0.369 e. The fraction of sp³-hybridized carbons (Fsp3) is 0.350. The van der Waals surface area contributed by atoms with Crippen LogP contribution in [0.1, 0.15) is 40.8 Å². The van der Waals surface area contributed by atoms with Crippen LogP contribution in [-0.4, -0.2) is 39.6 Å². The third kappa shape index (κ3) is 4.48. The molecule has 7 nitrogen and oxygen atoms in total. The minimum atomic E-state index is -1.26. The molecule has 2 aromatic heterocycles. The highest BCUT2D eigenvalue weighted by atomic mass is 32.1. The van der Waals surface area contributed by atoms with Crippen LogP contribution in [0, 0.1) is 18.6 Å². The van der Waals surface area contributed by atoms with E-state index in [0.29, 0.717) is 24.2 Å². The molecule has 1 saturated heterocycles. The maximum absolute atomic E-state index is 14.0. The standard InChI is InChI=1S/C20H20F3N5O2S/c1-10-7-16(17-6-5-14(24)13(23)8-30-17)28(26-10)27-19(29)15-9-31-20(25-15)18-11(21)3-2-4-12(18)22/h2-4,7,9,13-14,17H,5-6,8,24H2,1H3,(H,27,29)/t13-,14-,17+/m1/s1. The molecule has 3 atom stereocenters. The maximum atomic E-state index is 14.0. The lowest BCUT2D eigenvalue weighted by Crippen LogP contribution is -2.32. The highest BCUT2D eigenvalue weighted by molar-refractivity contribution is 7.13. The highest BCUT2D eigenvalue weighted by Gasteiger charge is 2.29. The number of nitrogens with zero attached hydrogens (tertiary/aromatic N) is 3. The molecular weight excluding hydrogens is 431 g/mol. The van der Waals surface area contributed by atoms with Crippen LogP contribution in [0.2, 0.25) is 0 Å². The maximum Gasteiger partial charge on any atom is 0.290 e. The smallest absolute Gasteiger partial charge is 0.290 e. The molecule has 0 radical (unpaired) electrons. The van der Waals surface area contributed by atoms with Crippen molar-refractivity contribution in [1.82, 2.24) is 14.9 Å². The number of carbonyl (C=O) groups is 1. The molecule has 3 heterocycles. The number of rotatable bonds is 4. The van der Waals surface area contributed by atoms with E-state index < -0.39 is 35.9 Å². The molecule has 0 saturated carbocycles. The number of nitrogens with one attached hydrogen (secondary N) is 1. The van der Waals surface area contributed by atoms with Crippen LogP contribution in [0.4, 0.5) is 13.2 Å². The van der Waals surface area contributed by atoms with Crippen molar-refractivity contribution in [3.8, 4) is 10.6 Å². The van der Waals surface area contributed by atoms with Gasteiger partial charge in [-0.25, -0.2) is 23.6 Å². The van der Waals surface area contributed by atoms with Crippen LogP contribution in [0.15, 0.2) is 29.6 Å². The number of thiazole rings is 1. The van der Waals surface area contributed by atoms with Crippen molar-refractivity contribution >= 4 is 17.2 Å². The number of amides is 1. The first-order valence-corrected chi connectivity index (χ1v) is 10.5. The van der Waals surface area contributed by atoms with E-state index in [9.17, 15) is 18.0 Å². The van der Waals surface area contributed by atoms with Gasteiger partial charge in [-0.2, -0.15) is 9.89 Å². The molecule has 3 N–H and O–H groups in total. The summed E-state index contributed by atoms with van der Waals surface area (Å²) in [6.07, 6.45) is -0.861. The van der Waals surface area contributed by atoms with Crippen molar-refractivity contribution in [2.24, 2.45) is 5.73 Å². The molecule has 1 aliphatic rings. The zero-order valence-electron chi connectivity index (χ0n) is 16.5. The first-order valence-electron chi connectivity index (χ1n) is 9.62. The van der Waals surface area contributed by atoms with Gasteiger partial charge in [-0.3, -0.25) is 4.79 Å². The van der Waals surface area contributed by atoms with Gasteiger partial charge in [0, 0.05) is 11.4 Å². The lowest BCUT2D eigenvalue weighted by atomic mass is 10.1. The van der Waals surface area contributed by atoms with Crippen molar-refractivity contribution in [3.63, 3.8) is 0 Å². The molecule has 11 heteroatoms. The summed E-state index contributed by atoms with van der Waals surface area (Å²) < 4.78 is 47.5. The first-order chi connectivity index (χ1) is 14.8. The Morgan fingerprint density at radius 1 is 1.32 bits per heavy atom. The average molecular weight is 451 g/mol. The number of aryl methyl sites for hydroxylation is 1. The van der Waals surface area contributed by atoms with Gasteiger partial charge in [0.1, 0.15) is 34.6 Å². The lowest BCUT2D eigenvalue weighted by molar-refractivity contribution is 0.0245. The summed E-state index contributed by atoms with van der Waals surface area (Å²) in [6.45, 7) is 1.60. The second-order valence-electron chi connectivity index (χ2n) is 7.28. The molecule has 4 rings (SSSR count). The molecule has 0 aliphatic carbocycles. The summed E-state index contributed by atoms with van der Waals surface area (Å²) in [5.74, 6) is -2.14. The van der Waals surface area contributed by atoms with Gasteiger partial charge in [0.05, 0.1) is 23.6 Å². The van der Waals surface area contributed by atoms with Crippen LogP contribution < -0.4 is 11.2 Å². The van der Waals surface area contributed by atoms with Crippen molar-refractivity contribution in [2.75, 3.05) is 12.0 Å². The number of aromatic nitrogens is 3. The number of hydrogen-bond donors (Lipinski definition) is 2. The summed E-state index contributed by atoms with van der Waals surface area (Å²) in [5, 5.41) is 5.70. The molecular formula is C20H20F3N5O2S. The molecule has 164 valence electrons. The highest BCUT2D eigenvalue weighted by Crippen LogP contribution is 2.30. The van der Waals surface area contributed by atoms with Crippen LogP contribution >= 0.6 is 11.3 Å². The number of benzene rings is 1. The zero-order chi connectivity index (χ0) is 22.1. The lowest BCUT2D eigenvalue weighted by Gasteiger charge is -2.16. The third-order valence-corrected chi connectivity index (χ3v) is 5.85. The van der Waals surface area contributed by atoms with E-state index in [2.05, 4.69) is 15.5 Å². The van der Waals surface area contributed by atoms with E-state index in [1.54, 1.807) is 13.0 Å². The van der Waals surface area contributed by atoms with E-state index in [1.807, 2.05) is 0 Å². The van der Waals surface area contributed by atoms with Crippen molar-refractivity contribution in [3.05, 3.63) is 58.4 Å².